The van der Waals surface area contributed by atoms with E-state index in [2.05, 4.69) is 86.4 Å². The van der Waals surface area contributed by atoms with Gasteiger partial charge in [0.25, 0.3) is 0 Å². The molecule has 0 saturated carbocycles. The molecule has 3 rings (SSSR count). The van der Waals surface area contributed by atoms with Crippen LogP contribution in [0.25, 0.3) is 0 Å². The summed E-state index contributed by atoms with van der Waals surface area (Å²) in [5, 5.41) is 0. The third-order valence-corrected chi connectivity index (χ3v) is 5.19. The summed E-state index contributed by atoms with van der Waals surface area (Å²) in [5.41, 5.74) is 8.78. The minimum atomic E-state index is 1.02. The fourth-order valence-corrected chi connectivity index (χ4v) is 3.62. The van der Waals surface area contributed by atoms with E-state index in [0.717, 1.165) is 38.9 Å². The van der Waals surface area contributed by atoms with Crippen LogP contribution in [0.4, 0.5) is 0 Å². The van der Waals surface area contributed by atoms with Crippen LogP contribution in [-0.2, 0) is 19.5 Å². The molecule has 1 heterocycles. The maximum absolute atomic E-state index is 2.57. The van der Waals surface area contributed by atoms with E-state index in [0.29, 0.717) is 0 Å². The molecule has 0 radical (unpaired) electrons. The van der Waals surface area contributed by atoms with Crippen LogP contribution in [0, 0.1) is 0 Å². The Morgan fingerprint density at radius 3 is 1.88 bits per heavy atom. The fraction of sp³-hybridized carbons (Fsp3) is 0.360. The van der Waals surface area contributed by atoms with Gasteiger partial charge in [0.2, 0.25) is 0 Å². The molecule has 0 saturated heterocycles. The van der Waals surface area contributed by atoms with Crippen molar-refractivity contribution in [2.45, 2.75) is 53.1 Å². The second-order valence-corrected chi connectivity index (χ2v) is 7.75. The molecule has 0 fully saturated rings. The van der Waals surface area contributed by atoms with Crippen LogP contribution in [0.2, 0.25) is 0 Å². The topological polar surface area (TPSA) is 3.24 Å². The van der Waals surface area contributed by atoms with Crippen LogP contribution in [0.3, 0.4) is 0 Å². The molecular formula is C25H31N. The summed E-state index contributed by atoms with van der Waals surface area (Å²) < 4.78 is 0. The Kier molecular flexibility index (Phi) is 6.46. The van der Waals surface area contributed by atoms with Crippen LogP contribution < -0.4 is 0 Å². The summed E-state index contributed by atoms with van der Waals surface area (Å²) in [7, 11) is 0. The lowest BCUT2D eigenvalue weighted by Crippen LogP contribution is -2.26. The molecule has 1 nitrogen and oxygen atoms in total. The molecule has 136 valence electrons. The molecule has 0 amide bonds. The number of rotatable bonds is 5. The first-order valence-corrected chi connectivity index (χ1v) is 9.76. The summed E-state index contributed by atoms with van der Waals surface area (Å²) in [6, 6.07) is 17.8. The van der Waals surface area contributed by atoms with Gasteiger partial charge in [0.05, 0.1) is 0 Å². The monoisotopic (exact) mass is 345 g/mol. The van der Waals surface area contributed by atoms with Crippen LogP contribution in [0.15, 0.2) is 71.8 Å². The van der Waals surface area contributed by atoms with Crippen molar-refractivity contribution in [3.63, 3.8) is 0 Å². The lowest BCUT2D eigenvalue weighted by atomic mass is 9.93. The van der Waals surface area contributed by atoms with Gasteiger partial charge in [-0.1, -0.05) is 71.8 Å². The first kappa shape index (κ1) is 18.7. The van der Waals surface area contributed by atoms with E-state index in [-0.39, 0.29) is 0 Å². The third kappa shape index (κ3) is 5.19. The van der Waals surface area contributed by atoms with Crippen molar-refractivity contribution in [3.8, 4) is 0 Å². The van der Waals surface area contributed by atoms with Crippen molar-refractivity contribution >= 4 is 0 Å². The molecule has 0 atom stereocenters. The van der Waals surface area contributed by atoms with E-state index < -0.39 is 0 Å². The van der Waals surface area contributed by atoms with Gasteiger partial charge in [-0.2, -0.15) is 0 Å². The van der Waals surface area contributed by atoms with Gasteiger partial charge in [0.1, 0.15) is 0 Å². The highest BCUT2D eigenvalue weighted by Gasteiger charge is 2.15. The smallest absolute Gasteiger partial charge is 0.0243 e. The molecule has 1 heteroatoms. The Balaban J connectivity index is 1.76. The van der Waals surface area contributed by atoms with Gasteiger partial charge in [-0.3, -0.25) is 4.90 Å². The van der Waals surface area contributed by atoms with Crippen molar-refractivity contribution in [2.24, 2.45) is 0 Å². The highest BCUT2D eigenvalue weighted by atomic mass is 15.1. The average Bonchev–Trinajstić information content (AvgIpc) is 2.60. The Hall–Kier alpha value is -2.12. The predicted molar refractivity (Wildman–Crippen MR) is 112 cm³/mol. The van der Waals surface area contributed by atoms with E-state index in [4.69, 9.17) is 0 Å². The normalized spacial score (nSPS) is 14.8. The molecule has 2 aromatic rings. The van der Waals surface area contributed by atoms with E-state index >= 15 is 0 Å². The maximum Gasteiger partial charge on any atom is 0.0243 e. The van der Waals surface area contributed by atoms with Crippen molar-refractivity contribution in [3.05, 3.63) is 94.1 Å². The van der Waals surface area contributed by atoms with E-state index in [1.165, 1.54) is 33.4 Å². The molecule has 0 spiro atoms. The van der Waals surface area contributed by atoms with Gasteiger partial charge < -0.3 is 0 Å². The molecule has 0 aromatic heterocycles. The molecule has 0 N–H and O–H groups in total. The van der Waals surface area contributed by atoms with Gasteiger partial charge in [0.15, 0.2) is 0 Å². The number of hydrogen-bond acceptors (Lipinski definition) is 1. The van der Waals surface area contributed by atoms with Crippen LogP contribution in [0.5, 0.6) is 0 Å². The predicted octanol–water partition coefficient (Wildman–Crippen LogP) is 6.29. The highest BCUT2D eigenvalue weighted by molar-refractivity contribution is 5.38. The Morgan fingerprint density at radius 2 is 1.35 bits per heavy atom. The quantitative estimate of drug-likeness (QED) is 0.576. The number of benzene rings is 2. The van der Waals surface area contributed by atoms with Gasteiger partial charge in [-0.25, -0.2) is 0 Å². The second-order valence-electron chi connectivity index (χ2n) is 7.75. The Bertz CT molecular complexity index is 746. The minimum absolute atomic E-state index is 1.02. The van der Waals surface area contributed by atoms with Gasteiger partial charge >= 0.3 is 0 Å². The van der Waals surface area contributed by atoms with E-state index in [9.17, 15) is 0 Å². The number of hydrogen-bond donors (Lipinski definition) is 0. The zero-order valence-electron chi connectivity index (χ0n) is 16.5. The van der Waals surface area contributed by atoms with Crippen LogP contribution >= 0.6 is 0 Å². The van der Waals surface area contributed by atoms with Crippen molar-refractivity contribution < 1.29 is 0 Å². The lowest BCUT2D eigenvalue weighted by molar-refractivity contribution is 0.281. The largest absolute Gasteiger partial charge is 0.291 e. The SMILES string of the molecule is CC(C)=CCCC(C)=CCN1Cc2ccccc2Cc2ccccc2C1. The fourth-order valence-electron chi connectivity index (χ4n) is 3.62. The Labute approximate surface area is 159 Å². The van der Waals surface area contributed by atoms with Crippen molar-refractivity contribution in [1.82, 2.24) is 4.90 Å². The third-order valence-electron chi connectivity index (χ3n) is 5.19. The molecule has 1 aliphatic rings. The number of allylic oxidation sites excluding steroid dienone is 3. The summed E-state index contributed by atoms with van der Waals surface area (Å²) in [6.07, 6.45) is 8.12. The van der Waals surface area contributed by atoms with E-state index in [1.807, 2.05) is 0 Å². The lowest BCUT2D eigenvalue weighted by Gasteiger charge is -2.27. The van der Waals surface area contributed by atoms with Crippen molar-refractivity contribution in [1.29, 1.82) is 0 Å². The van der Waals surface area contributed by atoms with Crippen LogP contribution in [0.1, 0.15) is 55.9 Å². The molecule has 2 aromatic carbocycles. The van der Waals surface area contributed by atoms with Gasteiger partial charge in [-0.15, -0.1) is 0 Å². The highest BCUT2D eigenvalue weighted by Crippen LogP contribution is 2.24. The van der Waals surface area contributed by atoms with Crippen LogP contribution in [-0.4, -0.2) is 11.4 Å². The zero-order chi connectivity index (χ0) is 18.4. The molecule has 26 heavy (non-hydrogen) atoms. The molecular weight excluding hydrogens is 314 g/mol. The zero-order valence-corrected chi connectivity index (χ0v) is 16.5. The second kappa shape index (κ2) is 9.00. The van der Waals surface area contributed by atoms with Gasteiger partial charge in [0, 0.05) is 19.6 Å². The molecule has 0 bridgehead atoms. The summed E-state index contributed by atoms with van der Waals surface area (Å²) in [5.74, 6) is 0. The molecule has 0 unspecified atom stereocenters. The van der Waals surface area contributed by atoms with E-state index in [1.54, 1.807) is 0 Å². The van der Waals surface area contributed by atoms with Gasteiger partial charge in [-0.05, 0) is 62.3 Å². The minimum Gasteiger partial charge on any atom is -0.291 e. The Morgan fingerprint density at radius 1 is 0.808 bits per heavy atom. The summed E-state index contributed by atoms with van der Waals surface area (Å²) >= 11 is 0. The first-order chi connectivity index (χ1) is 12.6. The summed E-state index contributed by atoms with van der Waals surface area (Å²) in [6.45, 7) is 9.70. The number of fused-ring (bicyclic) bond motifs is 2. The number of nitrogens with zero attached hydrogens (tertiary/aromatic N) is 1. The molecule has 0 aliphatic carbocycles. The first-order valence-electron chi connectivity index (χ1n) is 9.76. The van der Waals surface area contributed by atoms with Crippen molar-refractivity contribution in [2.75, 3.05) is 6.54 Å². The molecule has 1 aliphatic heterocycles. The standard InChI is InChI=1S/C25H31N/c1-20(2)9-8-10-21(3)15-16-26-18-24-13-6-4-11-22(24)17-23-12-5-7-14-25(23)19-26/h4-7,9,11-15H,8,10,16-19H2,1-3H3. The summed E-state index contributed by atoms with van der Waals surface area (Å²) in [4.78, 5) is 2.57. The average molecular weight is 346 g/mol. The maximum atomic E-state index is 2.57.